The van der Waals surface area contributed by atoms with Gasteiger partial charge in [-0.25, -0.2) is 4.79 Å². The lowest BCUT2D eigenvalue weighted by Crippen LogP contribution is -2.41. The summed E-state index contributed by atoms with van der Waals surface area (Å²) in [4.78, 5) is 15.4. The van der Waals surface area contributed by atoms with Gasteiger partial charge in [-0.1, -0.05) is 24.3 Å². The first-order valence-corrected chi connectivity index (χ1v) is 9.40. The second-order valence-corrected chi connectivity index (χ2v) is 7.12. The summed E-state index contributed by atoms with van der Waals surface area (Å²) in [5.41, 5.74) is 4.73. The first-order chi connectivity index (χ1) is 13.0. The zero-order chi connectivity index (χ0) is 19.2. The monoisotopic (exact) mass is 365 g/mol. The van der Waals surface area contributed by atoms with Gasteiger partial charge in [-0.15, -0.1) is 0 Å². The summed E-state index contributed by atoms with van der Waals surface area (Å²) >= 11 is 0. The lowest BCUT2D eigenvalue weighted by Gasteiger charge is -2.14. The molecule has 142 valence electrons. The summed E-state index contributed by atoms with van der Waals surface area (Å²) in [7, 11) is 0. The smallest absolute Gasteiger partial charge is 0.315 e. The molecule has 5 heteroatoms. The number of amides is 2. The van der Waals surface area contributed by atoms with Crippen LogP contribution in [0.4, 0.5) is 4.79 Å². The highest BCUT2D eigenvalue weighted by Gasteiger charge is 2.08. The van der Waals surface area contributed by atoms with Crippen molar-refractivity contribution in [1.29, 1.82) is 0 Å². The molecule has 0 saturated heterocycles. The van der Waals surface area contributed by atoms with Crippen molar-refractivity contribution in [2.24, 2.45) is 0 Å². The fourth-order valence-electron chi connectivity index (χ4n) is 3.21. The van der Waals surface area contributed by atoms with Crippen molar-refractivity contribution in [1.82, 2.24) is 15.6 Å². The maximum atomic E-state index is 12.1. The zero-order valence-electron chi connectivity index (χ0n) is 15.9. The van der Waals surface area contributed by atoms with Crippen molar-refractivity contribution in [3.05, 3.63) is 65.4 Å². The maximum absolute atomic E-state index is 12.1. The van der Waals surface area contributed by atoms with Crippen molar-refractivity contribution in [3.63, 3.8) is 0 Å². The van der Waals surface area contributed by atoms with Gasteiger partial charge in [-0.3, -0.25) is 0 Å². The Kier molecular flexibility index (Phi) is 6.01. The van der Waals surface area contributed by atoms with Crippen LogP contribution in [0.1, 0.15) is 30.0 Å². The van der Waals surface area contributed by atoms with Crippen LogP contribution in [0.3, 0.4) is 0 Å². The average Bonchev–Trinajstić information content (AvgIpc) is 3.03. The van der Waals surface area contributed by atoms with Gasteiger partial charge >= 0.3 is 6.03 Å². The Balaban J connectivity index is 1.40. The first kappa shape index (κ1) is 18.8. The molecule has 0 aliphatic heterocycles. The number of hydrogen-bond donors (Lipinski definition) is 4. The number of phenols is 1. The highest BCUT2D eigenvalue weighted by molar-refractivity contribution is 5.83. The van der Waals surface area contributed by atoms with Crippen LogP contribution in [0.5, 0.6) is 5.75 Å². The summed E-state index contributed by atoms with van der Waals surface area (Å²) in [6.07, 6.45) is 4.51. The standard InChI is InChI=1S/C22H27N3O2/c1-15-3-10-20-18(14-24-21(20)13-15)11-12-23-22(27)25-16(2)4-5-17-6-8-19(26)9-7-17/h3,6-10,13-14,16,24,26H,4-5,11-12H2,1-2H3,(H2,23,25,27). The van der Waals surface area contributed by atoms with Gasteiger partial charge in [-0.2, -0.15) is 0 Å². The van der Waals surface area contributed by atoms with E-state index in [1.807, 2.05) is 25.3 Å². The third-order valence-electron chi connectivity index (χ3n) is 4.78. The van der Waals surface area contributed by atoms with E-state index in [1.165, 1.54) is 16.5 Å². The number of fused-ring (bicyclic) bond motifs is 1. The number of rotatable bonds is 7. The molecule has 0 aliphatic carbocycles. The maximum Gasteiger partial charge on any atom is 0.315 e. The number of aromatic amines is 1. The van der Waals surface area contributed by atoms with E-state index in [0.717, 1.165) is 30.3 Å². The normalized spacial score (nSPS) is 12.1. The van der Waals surface area contributed by atoms with Gasteiger partial charge in [0.05, 0.1) is 0 Å². The quantitative estimate of drug-likeness (QED) is 0.510. The summed E-state index contributed by atoms with van der Waals surface area (Å²) in [6.45, 7) is 4.67. The number of hydrogen-bond acceptors (Lipinski definition) is 2. The van der Waals surface area contributed by atoms with Crippen molar-refractivity contribution in [3.8, 4) is 5.75 Å². The fourth-order valence-corrected chi connectivity index (χ4v) is 3.21. The topological polar surface area (TPSA) is 77.2 Å². The number of urea groups is 1. The average molecular weight is 365 g/mol. The molecule has 4 N–H and O–H groups in total. The minimum atomic E-state index is -0.135. The SMILES string of the molecule is Cc1ccc2c(CCNC(=O)NC(C)CCc3ccc(O)cc3)c[nH]c2c1. The van der Waals surface area contributed by atoms with E-state index in [1.54, 1.807) is 12.1 Å². The largest absolute Gasteiger partial charge is 0.508 e. The van der Waals surface area contributed by atoms with Crippen molar-refractivity contribution in [2.45, 2.75) is 39.2 Å². The molecule has 0 bridgehead atoms. The number of aromatic hydroxyl groups is 1. The Morgan fingerprint density at radius 1 is 1.15 bits per heavy atom. The molecule has 0 fully saturated rings. The van der Waals surface area contributed by atoms with Crippen molar-refractivity contribution < 1.29 is 9.90 Å². The summed E-state index contributed by atoms with van der Waals surface area (Å²) in [6, 6.07) is 13.5. The van der Waals surface area contributed by atoms with E-state index in [9.17, 15) is 9.90 Å². The lowest BCUT2D eigenvalue weighted by molar-refractivity contribution is 0.237. The van der Waals surface area contributed by atoms with Gasteiger partial charge in [0.25, 0.3) is 0 Å². The van der Waals surface area contributed by atoms with Crippen LogP contribution in [-0.4, -0.2) is 28.7 Å². The second kappa shape index (κ2) is 8.62. The first-order valence-electron chi connectivity index (χ1n) is 9.40. The van der Waals surface area contributed by atoms with Gasteiger partial charge in [0.1, 0.15) is 5.75 Å². The number of carbonyl (C=O) groups excluding carboxylic acids is 1. The Labute approximate surface area is 159 Å². The van der Waals surface area contributed by atoms with Gasteiger partial charge in [0.15, 0.2) is 0 Å². The number of aromatic nitrogens is 1. The molecule has 2 aromatic carbocycles. The van der Waals surface area contributed by atoms with Gasteiger partial charge in [0.2, 0.25) is 0 Å². The molecule has 1 unspecified atom stereocenters. The summed E-state index contributed by atoms with van der Waals surface area (Å²) in [5, 5.41) is 16.4. The third-order valence-corrected chi connectivity index (χ3v) is 4.78. The number of H-pyrrole nitrogens is 1. The zero-order valence-corrected chi connectivity index (χ0v) is 15.9. The van der Waals surface area contributed by atoms with E-state index in [-0.39, 0.29) is 17.8 Å². The van der Waals surface area contributed by atoms with Gasteiger partial charge in [0, 0.05) is 29.7 Å². The molecule has 0 spiro atoms. The molecule has 0 aliphatic rings. The summed E-state index contributed by atoms with van der Waals surface area (Å²) in [5.74, 6) is 0.273. The van der Waals surface area contributed by atoms with Crippen LogP contribution < -0.4 is 10.6 Å². The van der Waals surface area contributed by atoms with Gasteiger partial charge < -0.3 is 20.7 Å². The van der Waals surface area contributed by atoms with Crippen LogP contribution in [0.15, 0.2) is 48.7 Å². The van der Waals surface area contributed by atoms with E-state index in [4.69, 9.17) is 0 Å². The number of nitrogens with one attached hydrogen (secondary N) is 3. The van der Waals surface area contributed by atoms with Crippen LogP contribution in [0.25, 0.3) is 10.9 Å². The number of carbonyl (C=O) groups is 1. The van der Waals surface area contributed by atoms with E-state index in [0.29, 0.717) is 6.54 Å². The minimum Gasteiger partial charge on any atom is -0.508 e. The number of phenolic OH excluding ortho intramolecular Hbond substituents is 1. The molecular weight excluding hydrogens is 338 g/mol. The van der Waals surface area contributed by atoms with Crippen molar-refractivity contribution >= 4 is 16.9 Å². The second-order valence-electron chi connectivity index (χ2n) is 7.12. The Morgan fingerprint density at radius 3 is 2.70 bits per heavy atom. The predicted molar refractivity (Wildman–Crippen MR) is 109 cm³/mol. The van der Waals surface area contributed by atoms with Crippen LogP contribution >= 0.6 is 0 Å². The molecular formula is C22H27N3O2. The van der Waals surface area contributed by atoms with Crippen LogP contribution in [0.2, 0.25) is 0 Å². The molecule has 1 atom stereocenters. The molecule has 1 heterocycles. The molecule has 0 radical (unpaired) electrons. The Bertz CT molecular complexity index is 900. The van der Waals surface area contributed by atoms with E-state index >= 15 is 0 Å². The highest BCUT2D eigenvalue weighted by Crippen LogP contribution is 2.19. The molecule has 3 rings (SSSR count). The number of benzene rings is 2. The predicted octanol–water partition coefficient (Wildman–Crippen LogP) is 4.04. The van der Waals surface area contributed by atoms with Crippen molar-refractivity contribution in [2.75, 3.05) is 6.54 Å². The minimum absolute atomic E-state index is 0.0786. The molecule has 5 nitrogen and oxygen atoms in total. The Hall–Kier alpha value is -2.95. The van der Waals surface area contributed by atoms with Crippen LogP contribution in [-0.2, 0) is 12.8 Å². The molecule has 0 saturated carbocycles. The highest BCUT2D eigenvalue weighted by atomic mass is 16.3. The third kappa shape index (κ3) is 5.26. The van der Waals surface area contributed by atoms with Gasteiger partial charge in [-0.05, 0) is 68.0 Å². The fraction of sp³-hybridized carbons (Fsp3) is 0.318. The molecule has 1 aromatic heterocycles. The molecule has 27 heavy (non-hydrogen) atoms. The van der Waals surface area contributed by atoms with E-state index in [2.05, 4.69) is 40.7 Å². The van der Waals surface area contributed by atoms with Crippen LogP contribution in [0, 0.1) is 6.92 Å². The molecule has 3 aromatic rings. The summed E-state index contributed by atoms with van der Waals surface area (Å²) < 4.78 is 0. The lowest BCUT2D eigenvalue weighted by atomic mass is 10.1. The Morgan fingerprint density at radius 2 is 1.93 bits per heavy atom. The molecule has 2 amide bonds. The number of aryl methyl sites for hydroxylation is 2. The van der Waals surface area contributed by atoms with E-state index < -0.39 is 0 Å².